The summed E-state index contributed by atoms with van der Waals surface area (Å²) in [4.78, 5) is 24.1. The number of rotatable bonds is 4. The van der Waals surface area contributed by atoms with E-state index in [1.54, 1.807) is 0 Å². The van der Waals surface area contributed by atoms with E-state index >= 15 is 0 Å². The van der Waals surface area contributed by atoms with E-state index in [4.69, 9.17) is 5.11 Å². The van der Waals surface area contributed by atoms with Crippen LogP contribution in [0.5, 0.6) is 0 Å². The fraction of sp³-hybridized carbons (Fsp3) is 0.917. The number of hydrogen-bond acceptors (Lipinski definition) is 2. The summed E-state index contributed by atoms with van der Waals surface area (Å²) in [5.41, 5.74) is 0.673. The van der Waals surface area contributed by atoms with Gasteiger partial charge in [0.25, 0.3) is 0 Å². The van der Waals surface area contributed by atoms with Crippen LogP contribution in [-0.2, 0) is 9.59 Å². The number of carboxylic acids is 1. The van der Waals surface area contributed by atoms with E-state index in [0.29, 0.717) is 47.2 Å². The van der Waals surface area contributed by atoms with Crippen molar-refractivity contribution in [3.8, 4) is 0 Å². The van der Waals surface area contributed by atoms with Gasteiger partial charge in [0, 0.05) is 18.8 Å². The molecule has 0 aliphatic heterocycles. The second-order valence-electron chi connectivity index (χ2n) is 10.5. The Kier molecular flexibility index (Phi) is 5.81. The van der Waals surface area contributed by atoms with Gasteiger partial charge in [-0.25, -0.2) is 0 Å². The van der Waals surface area contributed by atoms with Gasteiger partial charge in [-0.1, -0.05) is 34.1 Å². The maximum atomic E-state index is 13.2. The second kappa shape index (κ2) is 7.52. The Bertz CT molecular complexity index is 584. The van der Waals surface area contributed by atoms with Crippen LogP contribution in [0.15, 0.2) is 0 Å². The fourth-order valence-electron chi connectivity index (χ4n) is 8.04. The minimum absolute atomic E-state index is 0. The molecule has 0 aromatic heterocycles. The molecule has 4 rings (SSSR count). The van der Waals surface area contributed by atoms with Gasteiger partial charge in [0.15, 0.2) is 0 Å². The summed E-state index contributed by atoms with van der Waals surface area (Å²) >= 11 is 0. The highest BCUT2D eigenvalue weighted by Crippen LogP contribution is 2.67. The lowest BCUT2D eigenvalue weighted by atomic mass is 9.44. The molecule has 4 aliphatic rings. The minimum atomic E-state index is -0.674. The summed E-state index contributed by atoms with van der Waals surface area (Å²) in [5, 5.41) is 8.97. The summed E-state index contributed by atoms with van der Waals surface area (Å²) < 4.78 is 0. The molecule has 0 amide bonds. The van der Waals surface area contributed by atoms with Crippen LogP contribution in [0.25, 0.3) is 0 Å². The van der Waals surface area contributed by atoms with Crippen LogP contribution in [0.4, 0.5) is 0 Å². The molecule has 3 nitrogen and oxygen atoms in total. The molecule has 0 heterocycles. The highest BCUT2D eigenvalue weighted by molar-refractivity contribution is 5.83. The lowest BCUT2D eigenvalue weighted by Crippen LogP contribution is -2.56. The van der Waals surface area contributed by atoms with E-state index in [-0.39, 0.29) is 12.8 Å². The van der Waals surface area contributed by atoms with Gasteiger partial charge < -0.3 is 5.11 Å². The first-order valence-corrected chi connectivity index (χ1v) is 11.1. The molecule has 27 heavy (non-hydrogen) atoms. The largest absolute Gasteiger partial charge is 0.481 e. The van der Waals surface area contributed by atoms with Crippen molar-refractivity contribution in [2.24, 2.45) is 40.4 Å². The highest BCUT2D eigenvalue weighted by atomic mass is 16.4. The van der Waals surface area contributed by atoms with Crippen LogP contribution in [0, 0.1) is 40.4 Å². The molecule has 154 valence electrons. The van der Waals surface area contributed by atoms with Crippen molar-refractivity contribution in [2.75, 3.05) is 0 Å². The quantitative estimate of drug-likeness (QED) is 0.644. The van der Waals surface area contributed by atoms with Gasteiger partial charge >= 0.3 is 5.97 Å². The van der Waals surface area contributed by atoms with Crippen LogP contribution >= 0.6 is 0 Å². The first-order valence-electron chi connectivity index (χ1n) is 11.1. The third-order valence-electron chi connectivity index (χ3n) is 9.53. The molecule has 3 heteroatoms. The van der Waals surface area contributed by atoms with Gasteiger partial charge in [0.1, 0.15) is 5.78 Å². The van der Waals surface area contributed by atoms with Gasteiger partial charge in [-0.3, -0.25) is 9.59 Å². The van der Waals surface area contributed by atoms with Crippen LogP contribution < -0.4 is 0 Å². The van der Waals surface area contributed by atoms with Crippen molar-refractivity contribution in [2.45, 2.75) is 98.3 Å². The Hall–Kier alpha value is -0.860. The van der Waals surface area contributed by atoms with Crippen molar-refractivity contribution in [3.63, 3.8) is 0 Å². The number of fused-ring (bicyclic) bond motifs is 5. The SMILES string of the molecule is C.CC12CCC3C(C(=O)CC4CCCCC43C)C1CCC2CCCC(=O)O. The zero-order chi connectivity index (χ0) is 18.5. The summed E-state index contributed by atoms with van der Waals surface area (Å²) in [6.45, 7) is 4.96. The Morgan fingerprint density at radius 3 is 2.52 bits per heavy atom. The first kappa shape index (κ1) is 20.9. The van der Waals surface area contributed by atoms with Gasteiger partial charge in [-0.05, 0) is 85.9 Å². The van der Waals surface area contributed by atoms with Crippen molar-refractivity contribution < 1.29 is 14.7 Å². The van der Waals surface area contributed by atoms with E-state index in [0.717, 1.165) is 19.3 Å². The lowest BCUT2D eigenvalue weighted by molar-refractivity contribution is -0.155. The molecule has 1 N–H and O–H groups in total. The molecule has 0 saturated heterocycles. The van der Waals surface area contributed by atoms with Crippen LogP contribution in [0.1, 0.15) is 98.3 Å². The predicted octanol–water partition coefficient (Wildman–Crippen LogP) is 6.11. The van der Waals surface area contributed by atoms with Gasteiger partial charge in [0.05, 0.1) is 0 Å². The minimum Gasteiger partial charge on any atom is -0.481 e. The van der Waals surface area contributed by atoms with Gasteiger partial charge in [-0.2, -0.15) is 0 Å². The zero-order valence-corrected chi connectivity index (χ0v) is 16.6. The molecule has 0 aromatic rings. The molecule has 4 aliphatic carbocycles. The molecule has 0 spiro atoms. The third kappa shape index (κ3) is 3.27. The van der Waals surface area contributed by atoms with Crippen molar-refractivity contribution >= 4 is 11.8 Å². The molecule has 4 saturated carbocycles. The van der Waals surface area contributed by atoms with E-state index in [9.17, 15) is 9.59 Å². The fourth-order valence-corrected chi connectivity index (χ4v) is 8.04. The first-order chi connectivity index (χ1) is 12.4. The van der Waals surface area contributed by atoms with Crippen molar-refractivity contribution in [3.05, 3.63) is 0 Å². The number of ketones is 1. The molecule has 4 fully saturated rings. The Morgan fingerprint density at radius 1 is 1.04 bits per heavy atom. The lowest BCUT2D eigenvalue weighted by Gasteiger charge is -2.59. The normalized spacial score (nSPS) is 46.0. The third-order valence-corrected chi connectivity index (χ3v) is 9.53. The number of aliphatic carboxylic acids is 1. The summed E-state index contributed by atoms with van der Waals surface area (Å²) in [5.74, 6) is 2.65. The van der Waals surface area contributed by atoms with E-state index in [1.165, 1.54) is 51.4 Å². The number of carbonyl (C=O) groups excluding carboxylic acids is 1. The summed E-state index contributed by atoms with van der Waals surface area (Å²) in [6, 6.07) is 0. The monoisotopic (exact) mass is 376 g/mol. The predicted molar refractivity (Wildman–Crippen MR) is 108 cm³/mol. The van der Waals surface area contributed by atoms with E-state index in [1.807, 2.05) is 0 Å². The molecule has 7 unspecified atom stereocenters. The molecule has 0 bridgehead atoms. The standard InChI is InChI=1S/C23H36O3.CH4/c1-22-12-4-3-6-16(22)14-19(24)21-17-10-9-15(7-5-8-20(25)26)23(17,2)13-11-18(21)22;/h15-18,21H,3-14H2,1-2H3,(H,25,26);1H4. The van der Waals surface area contributed by atoms with E-state index in [2.05, 4.69) is 13.8 Å². The topological polar surface area (TPSA) is 54.4 Å². The summed E-state index contributed by atoms with van der Waals surface area (Å²) in [7, 11) is 0. The second-order valence-corrected chi connectivity index (χ2v) is 10.5. The number of hydrogen-bond donors (Lipinski definition) is 1. The maximum Gasteiger partial charge on any atom is 0.303 e. The van der Waals surface area contributed by atoms with Crippen LogP contribution in [-0.4, -0.2) is 16.9 Å². The molecule has 7 atom stereocenters. The Morgan fingerprint density at radius 2 is 1.78 bits per heavy atom. The number of carboxylic acid groups (broad SMARTS) is 1. The Labute approximate surface area is 165 Å². The molecular weight excluding hydrogens is 336 g/mol. The molecule has 0 radical (unpaired) electrons. The number of Topliss-reactive ketones (excluding diaryl/α,β-unsaturated/α-hetero) is 1. The maximum absolute atomic E-state index is 13.2. The highest BCUT2D eigenvalue weighted by Gasteiger charge is 2.61. The Balaban J connectivity index is 0.00000210. The average Bonchev–Trinajstić information content (AvgIpc) is 2.92. The molecular formula is C24H40O3. The molecule has 0 aromatic carbocycles. The van der Waals surface area contributed by atoms with Crippen molar-refractivity contribution in [1.29, 1.82) is 0 Å². The average molecular weight is 377 g/mol. The smallest absolute Gasteiger partial charge is 0.303 e. The van der Waals surface area contributed by atoms with Crippen LogP contribution in [0.3, 0.4) is 0 Å². The number of carbonyl (C=O) groups is 2. The van der Waals surface area contributed by atoms with Gasteiger partial charge in [0.2, 0.25) is 0 Å². The van der Waals surface area contributed by atoms with Crippen LogP contribution in [0.2, 0.25) is 0 Å². The zero-order valence-electron chi connectivity index (χ0n) is 16.6. The van der Waals surface area contributed by atoms with Gasteiger partial charge in [-0.15, -0.1) is 0 Å². The van der Waals surface area contributed by atoms with Crippen molar-refractivity contribution in [1.82, 2.24) is 0 Å². The summed E-state index contributed by atoms with van der Waals surface area (Å²) in [6.07, 6.45) is 13.1. The van der Waals surface area contributed by atoms with E-state index < -0.39 is 5.97 Å².